The van der Waals surface area contributed by atoms with Crippen molar-refractivity contribution in [2.75, 3.05) is 19.0 Å². The average Bonchev–Trinajstić information content (AvgIpc) is 2.65. The maximum atomic E-state index is 11.8. The van der Waals surface area contributed by atoms with Gasteiger partial charge in [0.15, 0.2) is 0 Å². The Labute approximate surface area is 123 Å². The quantitative estimate of drug-likeness (QED) is 0.925. The Kier molecular flexibility index (Phi) is 4.57. The van der Waals surface area contributed by atoms with Gasteiger partial charge in [0.1, 0.15) is 0 Å². The van der Waals surface area contributed by atoms with Gasteiger partial charge in [-0.25, -0.2) is 9.80 Å². The van der Waals surface area contributed by atoms with Crippen molar-refractivity contribution in [3.63, 3.8) is 0 Å². The minimum atomic E-state index is -0.519. The number of hydrogen-bond acceptors (Lipinski definition) is 4. The number of nitrogens with zero attached hydrogens (tertiary/aromatic N) is 2. The molecule has 0 saturated carbocycles. The molecule has 1 aliphatic rings. The van der Waals surface area contributed by atoms with Gasteiger partial charge in [0.2, 0.25) is 0 Å². The molecule has 0 aliphatic carbocycles. The number of ether oxygens (including phenoxy) is 1. The highest BCUT2D eigenvalue weighted by Gasteiger charge is 2.30. The molecule has 6 heteroatoms. The van der Waals surface area contributed by atoms with Crippen molar-refractivity contribution in [3.8, 4) is 0 Å². The molecule has 21 heavy (non-hydrogen) atoms. The SMILES string of the molecule is CC1=NN(C)C(=O)[C@@H]1CCOC(=O)Nc1cccc(C)c1. The molecular formula is C15H19N3O3. The molecule has 1 N–H and O–H groups in total. The highest BCUT2D eigenvalue weighted by atomic mass is 16.5. The number of benzene rings is 1. The summed E-state index contributed by atoms with van der Waals surface area (Å²) >= 11 is 0. The van der Waals surface area contributed by atoms with Crippen LogP contribution in [-0.4, -0.2) is 36.4 Å². The second-order valence-corrected chi connectivity index (χ2v) is 5.07. The Morgan fingerprint density at radius 2 is 2.19 bits per heavy atom. The maximum Gasteiger partial charge on any atom is 0.411 e. The van der Waals surface area contributed by atoms with Crippen molar-refractivity contribution >= 4 is 23.4 Å². The summed E-state index contributed by atoms with van der Waals surface area (Å²) in [5, 5.41) is 8.05. The van der Waals surface area contributed by atoms with Gasteiger partial charge in [0, 0.05) is 18.4 Å². The van der Waals surface area contributed by atoms with E-state index in [9.17, 15) is 9.59 Å². The summed E-state index contributed by atoms with van der Waals surface area (Å²) in [5.41, 5.74) is 2.50. The van der Waals surface area contributed by atoms with E-state index in [-0.39, 0.29) is 18.4 Å². The smallest absolute Gasteiger partial charge is 0.411 e. The molecule has 1 heterocycles. The van der Waals surface area contributed by atoms with Crippen LogP contribution in [0.5, 0.6) is 0 Å². The summed E-state index contributed by atoms with van der Waals surface area (Å²) < 4.78 is 5.10. The number of hydrazone groups is 1. The first-order valence-electron chi connectivity index (χ1n) is 6.80. The fraction of sp³-hybridized carbons (Fsp3) is 0.400. The lowest BCUT2D eigenvalue weighted by molar-refractivity contribution is -0.130. The largest absolute Gasteiger partial charge is 0.449 e. The number of carbonyl (C=O) groups excluding carboxylic acids is 2. The van der Waals surface area contributed by atoms with Gasteiger partial charge in [-0.15, -0.1) is 0 Å². The summed E-state index contributed by atoms with van der Waals surface area (Å²) in [6.45, 7) is 3.93. The first-order valence-corrected chi connectivity index (χ1v) is 6.80. The predicted molar refractivity (Wildman–Crippen MR) is 80.1 cm³/mol. The molecule has 6 nitrogen and oxygen atoms in total. The van der Waals surface area contributed by atoms with E-state index in [1.54, 1.807) is 20.0 Å². The average molecular weight is 289 g/mol. The van der Waals surface area contributed by atoms with Crippen molar-refractivity contribution in [1.82, 2.24) is 5.01 Å². The molecule has 2 rings (SSSR count). The minimum absolute atomic E-state index is 0.0600. The van der Waals surface area contributed by atoms with Gasteiger partial charge < -0.3 is 4.74 Å². The number of anilines is 1. The van der Waals surface area contributed by atoms with E-state index in [4.69, 9.17) is 4.74 Å². The number of amides is 2. The van der Waals surface area contributed by atoms with E-state index >= 15 is 0 Å². The zero-order valence-corrected chi connectivity index (χ0v) is 12.4. The zero-order valence-electron chi connectivity index (χ0n) is 12.4. The molecule has 0 saturated heterocycles. The summed E-state index contributed by atoms with van der Waals surface area (Å²) in [5.74, 6) is -0.350. The van der Waals surface area contributed by atoms with Gasteiger partial charge >= 0.3 is 6.09 Å². The van der Waals surface area contributed by atoms with E-state index in [1.165, 1.54) is 5.01 Å². The molecular weight excluding hydrogens is 270 g/mol. The Balaban J connectivity index is 1.77. The third kappa shape index (κ3) is 3.81. The van der Waals surface area contributed by atoms with Crippen molar-refractivity contribution in [3.05, 3.63) is 29.8 Å². The molecule has 1 aliphatic heterocycles. The number of nitrogens with one attached hydrogen (secondary N) is 1. The van der Waals surface area contributed by atoms with E-state index in [1.807, 2.05) is 25.1 Å². The molecule has 2 amide bonds. The Morgan fingerprint density at radius 3 is 2.81 bits per heavy atom. The molecule has 0 fully saturated rings. The van der Waals surface area contributed by atoms with Crippen molar-refractivity contribution < 1.29 is 14.3 Å². The first kappa shape index (κ1) is 15.0. The summed E-state index contributed by atoms with van der Waals surface area (Å²) in [6, 6.07) is 7.45. The molecule has 0 bridgehead atoms. The van der Waals surface area contributed by atoms with Gasteiger partial charge in [-0.2, -0.15) is 5.10 Å². The van der Waals surface area contributed by atoms with Crippen LogP contribution in [0.1, 0.15) is 18.9 Å². The second-order valence-electron chi connectivity index (χ2n) is 5.07. The molecule has 1 atom stereocenters. The fourth-order valence-corrected chi connectivity index (χ4v) is 2.24. The van der Waals surface area contributed by atoms with Crippen molar-refractivity contribution in [1.29, 1.82) is 0 Å². The van der Waals surface area contributed by atoms with Gasteiger partial charge in [-0.05, 0) is 38.0 Å². The lowest BCUT2D eigenvalue weighted by Crippen LogP contribution is -2.26. The topological polar surface area (TPSA) is 71.0 Å². The van der Waals surface area contributed by atoms with Crippen molar-refractivity contribution in [2.24, 2.45) is 11.0 Å². The van der Waals surface area contributed by atoms with Crippen LogP contribution in [0.4, 0.5) is 10.5 Å². The summed E-state index contributed by atoms with van der Waals surface area (Å²) in [7, 11) is 1.62. The number of aryl methyl sites for hydroxylation is 1. The van der Waals surface area contributed by atoms with Crippen LogP contribution >= 0.6 is 0 Å². The standard InChI is InChI=1S/C15H19N3O3/c1-10-5-4-6-12(9-10)16-15(20)21-8-7-13-11(2)17-18(3)14(13)19/h4-6,9,13H,7-8H2,1-3H3,(H,16,20)/t13-/m1/s1. The van der Waals surface area contributed by atoms with Crippen LogP contribution in [-0.2, 0) is 9.53 Å². The summed E-state index contributed by atoms with van der Waals surface area (Å²) in [4.78, 5) is 23.4. The highest BCUT2D eigenvalue weighted by Crippen LogP contribution is 2.17. The molecule has 112 valence electrons. The number of hydrogen-bond donors (Lipinski definition) is 1. The third-order valence-corrected chi connectivity index (χ3v) is 3.33. The molecule has 0 aromatic heterocycles. The first-order chi connectivity index (χ1) is 9.97. The minimum Gasteiger partial charge on any atom is -0.449 e. The zero-order chi connectivity index (χ0) is 15.4. The Hall–Kier alpha value is -2.37. The molecule has 0 spiro atoms. The third-order valence-electron chi connectivity index (χ3n) is 3.33. The molecule has 1 aromatic carbocycles. The number of rotatable bonds is 4. The number of carbonyl (C=O) groups is 2. The van der Waals surface area contributed by atoms with Crippen LogP contribution in [0.15, 0.2) is 29.4 Å². The Bertz CT molecular complexity index is 583. The van der Waals surface area contributed by atoms with Crippen LogP contribution < -0.4 is 5.32 Å². The monoisotopic (exact) mass is 289 g/mol. The normalized spacial score (nSPS) is 17.7. The summed E-state index contributed by atoms with van der Waals surface area (Å²) in [6.07, 6.45) is -0.0753. The second kappa shape index (κ2) is 6.39. The van der Waals surface area contributed by atoms with Gasteiger partial charge in [0.05, 0.1) is 12.5 Å². The molecule has 1 aromatic rings. The highest BCUT2D eigenvalue weighted by molar-refractivity contribution is 6.06. The molecule has 0 radical (unpaired) electrons. The van der Waals surface area contributed by atoms with Crippen LogP contribution in [0.25, 0.3) is 0 Å². The van der Waals surface area contributed by atoms with E-state index in [0.717, 1.165) is 11.3 Å². The maximum absolute atomic E-state index is 11.8. The lowest BCUT2D eigenvalue weighted by Gasteiger charge is -2.11. The van der Waals surface area contributed by atoms with Crippen LogP contribution in [0, 0.1) is 12.8 Å². The van der Waals surface area contributed by atoms with Gasteiger partial charge in [-0.1, -0.05) is 12.1 Å². The van der Waals surface area contributed by atoms with E-state index in [2.05, 4.69) is 10.4 Å². The molecule has 0 unspecified atom stereocenters. The lowest BCUT2D eigenvalue weighted by atomic mass is 10.0. The van der Waals surface area contributed by atoms with E-state index in [0.29, 0.717) is 12.1 Å². The van der Waals surface area contributed by atoms with Crippen LogP contribution in [0.3, 0.4) is 0 Å². The van der Waals surface area contributed by atoms with Gasteiger partial charge in [-0.3, -0.25) is 10.1 Å². The van der Waals surface area contributed by atoms with E-state index < -0.39 is 6.09 Å². The van der Waals surface area contributed by atoms with Gasteiger partial charge in [0.25, 0.3) is 5.91 Å². The predicted octanol–water partition coefficient (Wildman–Crippen LogP) is 2.40. The van der Waals surface area contributed by atoms with Crippen molar-refractivity contribution in [2.45, 2.75) is 20.3 Å². The fourth-order valence-electron chi connectivity index (χ4n) is 2.24. The van der Waals surface area contributed by atoms with Crippen LogP contribution in [0.2, 0.25) is 0 Å². The Morgan fingerprint density at radius 1 is 1.43 bits per heavy atom.